The van der Waals surface area contributed by atoms with Crippen molar-refractivity contribution in [1.82, 2.24) is 15.1 Å². The molecule has 1 N–H and O–H groups in total. The summed E-state index contributed by atoms with van der Waals surface area (Å²) in [5.41, 5.74) is 1.75. The Morgan fingerprint density at radius 3 is 2.50 bits per heavy atom. The van der Waals surface area contributed by atoms with E-state index in [1.165, 1.54) is 29.8 Å². The van der Waals surface area contributed by atoms with Crippen LogP contribution in [0.1, 0.15) is 35.2 Å². The summed E-state index contributed by atoms with van der Waals surface area (Å²) < 4.78 is 13.1. The first kappa shape index (κ1) is 20.5. The molecule has 2 saturated heterocycles. The van der Waals surface area contributed by atoms with Crippen molar-refractivity contribution in [3.8, 4) is 0 Å². The summed E-state index contributed by atoms with van der Waals surface area (Å²) in [5.74, 6) is -0.646. The second-order valence-corrected chi connectivity index (χ2v) is 8.31. The first-order chi connectivity index (χ1) is 14.6. The van der Waals surface area contributed by atoms with Crippen molar-refractivity contribution in [2.45, 2.75) is 31.8 Å². The molecule has 2 heterocycles. The van der Waals surface area contributed by atoms with Gasteiger partial charge in [-0.2, -0.15) is 0 Å². The third-order valence-electron chi connectivity index (χ3n) is 6.04. The molecule has 0 radical (unpaired) electrons. The van der Waals surface area contributed by atoms with Gasteiger partial charge in [-0.05, 0) is 49.1 Å². The van der Waals surface area contributed by atoms with Gasteiger partial charge in [0.25, 0.3) is 5.91 Å². The molecule has 0 aliphatic carbocycles. The first-order valence-electron chi connectivity index (χ1n) is 10.7. The molecule has 2 aromatic carbocycles. The molecule has 2 fully saturated rings. The van der Waals surface area contributed by atoms with Gasteiger partial charge in [0.1, 0.15) is 5.82 Å². The van der Waals surface area contributed by atoms with E-state index in [1.807, 2.05) is 18.2 Å². The summed E-state index contributed by atoms with van der Waals surface area (Å²) in [4.78, 5) is 29.6. The van der Waals surface area contributed by atoms with Gasteiger partial charge < -0.3 is 10.2 Å². The molecule has 0 saturated carbocycles. The molecule has 2 aliphatic heterocycles. The lowest BCUT2D eigenvalue weighted by molar-refractivity contribution is -0.127. The van der Waals surface area contributed by atoms with Crippen LogP contribution in [0.25, 0.3) is 0 Å². The maximum Gasteiger partial charge on any atom is 0.253 e. The lowest BCUT2D eigenvalue weighted by atomic mass is 9.96. The SMILES string of the molecule is O=C(N[C@@H]1CCN(Cc2ccccc2)C1)[C@@H]1CCCN(C(=O)c2ccc(F)cc2)C1. The Balaban J connectivity index is 1.28. The molecule has 0 aromatic heterocycles. The second-order valence-electron chi connectivity index (χ2n) is 8.31. The van der Waals surface area contributed by atoms with Gasteiger partial charge in [0.05, 0.1) is 5.92 Å². The second kappa shape index (κ2) is 9.39. The van der Waals surface area contributed by atoms with Crippen molar-refractivity contribution >= 4 is 11.8 Å². The number of carbonyl (C=O) groups excluding carboxylic acids is 2. The van der Waals surface area contributed by atoms with Crippen LogP contribution < -0.4 is 5.32 Å². The molecule has 0 unspecified atom stereocenters. The van der Waals surface area contributed by atoms with Crippen molar-refractivity contribution in [2.24, 2.45) is 5.92 Å². The van der Waals surface area contributed by atoms with Gasteiger partial charge in [0.15, 0.2) is 0 Å². The van der Waals surface area contributed by atoms with Crippen LogP contribution in [0.5, 0.6) is 0 Å². The lowest BCUT2D eigenvalue weighted by Gasteiger charge is -2.32. The summed E-state index contributed by atoms with van der Waals surface area (Å²) in [6.45, 7) is 3.78. The number of halogens is 1. The van der Waals surface area contributed by atoms with Gasteiger partial charge in [-0.15, -0.1) is 0 Å². The van der Waals surface area contributed by atoms with E-state index >= 15 is 0 Å². The number of carbonyl (C=O) groups is 2. The highest BCUT2D eigenvalue weighted by molar-refractivity contribution is 5.94. The average Bonchev–Trinajstić information content (AvgIpc) is 3.21. The maximum absolute atomic E-state index is 13.1. The summed E-state index contributed by atoms with van der Waals surface area (Å²) in [5, 5.41) is 3.20. The number of rotatable bonds is 5. The fraction of sp³-hybridized carbons (Fsp3) is 0.417. The largest absolute Gasteiger partial charge is 0.352 e. The highest BCUT2D eigenvalue weighted by Gasteiger charge is 2.31. The van der Waals surface area contributed by atoms with Crippen LogP contribution in [-0.4, -0.2) is 53.8 Å². The smallest absolute Gasteiger partial charge is 0.253 e. The number of benzene rings is 2. The highest BCUT2D eigenvalue weighted by Crippen LogP contribution is 2.20. The van der Waals surface area contributed by atoms with Crippen molar-refractivity contribution in [1.29, 1.82) is 0 Å². The fourth-order valence-corrected chi connectivity index (χ4v) is 4.41. The van der Waals surface area contributed by atoms with Gasteiger partial charge in [0, 0.05) is 44.3 Å². The monoisotopic (exact) mass is 409 g/mol. The van der Waals surface area contributed by atoms with Crippen LogP contribution in [0.4, 0.5) is 4.39 Å². The van der Waals surface area contributed by atoms with Crippen LogP contribution in [0.2, 0.25) is 0 Å². The quantitative estimate of drug-likeness (QED) is 0.826. The Kier molecular flexibility index (Phi) is 6.43. The molecule has 2 atom stereocenters. The van der Waals surface area contributed by atoms with Crippen molar-refractivity contribution in [2.75, 3.05) is 26.2 Å². The van der Waals surface area contributed by atoms with Gasteiger partial charge in [-0.1, -0.05) is 30.3 Å². The summed E-state index contributed by atoms with van der Waals surface area (Å²) >= 11 is 0. The molecule has 6 heteroatoms. The van der Waals surface area contributed by atoms with Crippen LogP contribution >= 0.6 is 0 Å². The summed E-state index contributed by atoms with van der Waals surface area (Å²) in [6, 6.07) is 16.1. The fourth-order valence-electron chi connectivity index (χ4n) is 4.41. The number of hydrogen-bond donors (Lipinski definition) is 1. The van der Waals surface area contributed by atoms with Gasteiger partial charge >= 0.3 is 0 Å². The van der Waals surface area contributed by atoms with Gasteiger partial charge in [-0.25, -0.2) is 4.39 Å². The summed E-state index contributed by atoms with van der Waals surface area (Å²) in [6.07, 6.45) is 2.54. The topological polar surface area (TPSA) is 52.7 Å². The van der Waals surface area contributed by atoms with Gasteiger partial charge in [-0.3, -0.25) is 14.5 Å². The van der Waals surface area contributed by atoms with E-state index < -0.39 is 0 Å². The minimum absolute atomic E-state index is 0.0400. The standard InChI is InChI=1S/C24H28FN3O2/c25-21-10-8-19(9-11-21)24(30)28-13-4-7-20(16-28)23(29)26-22-12-14-27(17-22)15-18-5-2-1-3-6-18/h1-3,5-6,8-11,20,22H,4,7,12-17H2,(H,26,29)/t20-,22-/m1/s1. The molecule has 30 heavy (non-hydrogen) atoms. The van der Waals surface area contributed by atoms with Crippen LogP contribution in [-0.2, 0) is 11.3 Å². The van der Waals surface area contributed by atoms with Crippen LogP contribution in [0, 0.1) is 11.7 Å². The molecule has 4 rings (SSSR count). The molecule has 5 nitrogen and oxygen atoms in total. The maximum atomic E-state index is 13.1. The first-order valence-corrected chi connectivity index (χ1v) is 10.7. The summed E-state index contributed by atoms with van der Waals surface area (Å²) in [7, 11) is 0. The van der Waals surface area contributed by atoms with E-state index in [2.05, 4.69) is 22.3 Å². The Morgan fingerprint density at radius 1 is 0.967 bits per heavy atom. The predicted molar refractivity (Wildman–Crippen MR) is 113 cm³/mol. The molecule has 2 amide bonds. The minimum Gasteiger partial charge on any atom is -0.352 e. The Morgan fingerprint density at radius 2 is 1.73 bits per heavy atom. The Hall–Kier alpha value is -2.73. The molecule has 0 spiro atoms. The third-order valence-corrected chi connectivity index (χ3v) is 6.04. The number of piperidine rings is 1. The number of hydrogen-bond acceptors (Lipinski definition) is 3. The third kappa shape index (κ3) is 5.05. The van der Waals surface area contributed by atoms with Gasteiger partial charge in [0.2, 0.25) is 5.91 Å². The number of likely N-dealkylation sites (tertiary alicyclic amines) is 2. The lowest BCUT2D eigenvalue weighted by Crippen LogP contribution is -2.48. The number of amides is 2. The minimum atomic E-state index is -0.361. The van der Waals surface area contributed by atoms with E-state index in [4.69, 9.17) is 0 Å². The van der Waals surface area contributed by atoms with Crippen LogP contribution in [0.15, 0.2) is 54.6 Å². The van der Waals surface area contributed by atoms with E-state index in [9.17, 15) is 14.0 Å². The number of nitrogens with one attached hydrogen (secondary N) is 1. The van der Waals surface area contributed by atoms with Crippen molar-refractivity contribution < 1.29 is 14.0 Å². The van der Waals surface area contributed by atoms with Crippen molar-refractivity contribution in [3.05, 3.63) is 71.5 Å². The zero-order valence-electron chi connectivity index (χ0n) is 17.1. The highest BCUT2D eigenvalue weighted by atomic mass is 19.1. The predicted octanol–water partition coefficient (Wildman–Crippen LogP) is 3.07. The molecular weight excluding hydrogens is 381 g/mol. The molecule has 2 aromatic rings. The average molecular weight is 410 g/mol. The normalized spacial score (nSPS) is 22.1. The van der Waals surface area contributed by atoms with E-state index in [0.717, 1.165) is 38.9 Å². The molecule has 0 bridgehead atoms. The van der Waals surface area contributed by atoms with Crippen molar-refractivity contribution in [3.63, 3.8) is 0 Å². The van der Waals surface area contributed by atoms with Crippen LogP contribution in [0.3, 0.4) is 0 Å². The van der Waals surface area contributed by atoms with E-state index in [1.54, 1.807) is 4.90 Å². The zero-order valence-corrected chi connectivity index (χ0v) is 17.1. The van der Waals surface area contributed by atoms with E-state index in [0.29, 0.717) is 18.7 Å². The Labute approximate surface area is 176 Å². The molecular formula is C24H28FN3O2. The molecule has 2 aliphatic rings. The Bertz CT molecular complexity index is 872. The van der Waals surface area contributed by atoms with E-state index in [-0.39, 0.29) is 29.6 Å². The molecule has 158 valence electrons. The zero-order chi connectivity index (χ0) is 20.9. The number of nitrogens with zero attached hydrogens (tertiary/aromatic N) is 2.